The average Bonchev–Trinajstić information content (AvgIpc) is 2.38. The highest BCUT2D eigenvalue weighted by Crippen LogP contribution is 2.22. The summed E-state index contributed by atoms with van der Waals surface area (Å²) in [5.41, 5.74) is 2.21. The molecular formula is C14H14BrNO2. The van der Waals surface area contributed by atoms with Crippen molar-refractivity contribution in [2.45, 2.75) is 13.5 Å². The lowest BCUT2D eigenvalue weighted by atomic mass is 10.1. The zero-order valence-corrected chi connectivity index (χ0v) is 11.9. The van der Waals surface area contributed by atoms with E-state index in [0.717, 1.165) is 21.7 Å². The Kier molecular flexibility index (Phi) is 4.20. The van der Waals surface area contributed by atoms with E-state index in [2.05, 4.69) is 27.0 Å². The van der Waals surface area contributed by atoms with Crippen molar-refractivity contribution in [2.75, 3.05) is 7.11 Å². The van der Waals surface area contributed by atoms with Crippen LogP contribution < -0.4 is 9.47 Å². The highest BCUT2D eigenvalue weighted by molar-refractivity contribution is 9.10. The van der Waals surface area contributed by atoms with Gasteiger partial charge in [0.1, 0.15) is 22.7 Å². The van der Waals surface area contributed by atoms with E-state index in [1.165, 1.54) is 5.56 Å². The lowest BCUT2D eigenvalue weighted by molar-refractivity contribution is 0.295. The van der Waals surface area contributed by atoms with Crippen molar-refractivity contribution in [2.24, 2.45) is 0 Å². The van der Waals surface area contributed by atoms with Gasteiger partial charge in [0, 0.05) is 5.56 Å². The molecule has 1 heterocycles. The maximum Gasteiger partial charge on any atom is 0.138 e. The van der Waals surface area contributed by atoms with E-state index < -0.39 is 0 Å². The summed E-state index contributed by atoms with van der Waals surface area (Å²) in [5.74, 6) is 1.58. The summed E-state index contributed by atoms with van der Waals surface area (Å²) in [7, 11) is 1.66. The molecule has 0 N–H and O–H groups in total. The lowest BCUT2D eigenvalue weighted by Crippen LogP contribution is -1.99. The van der Waals surface area contributed by atoms with E-state index in [0.29, 0.717) is 6.61 Å². The van der Waals surface area contributed by atoms with Crippen LogP contribution in [0.5, 0.6) is 11.5 Å². The third-order valence-electron chi connectivity index (χ3n) is 2.53. The normalized spacial score (nSPS) is 10.2. The number of nitrogens with zero attached hydrogens (tertiary/aromatic N) is 1. The second-order valence-electron chi connectivity index (χ2n) is 3.92. The van der Waals surface area contributed by atoms with Crippen molar-refractivity contribution >= 4 is 15.9 Å². The topological polar surface area (TPSA) is 31.4 Å². The van der Waals surface area contributed by atoms with Crippen molar-refractivity contribution in [3.05, 3.63) is 52.3 Å². The van der Waals surface area contributed by atoms with Crippen molar-refractivity contribution in [3.8, 4) is 11.5 Å². The SMILES string of the molecule is COc1ccc(C)cc1COc1ccc(Br)nc1. The van der Waals surface area contributed by atoms with E-state index in [-0.39, 0.29) is 0 Å². The number of benzene rings is 1. The number of hydrogen-bond donors (Lipinski definition) is 0. The minimum atomic E-state index is 0.466. The summed E-state index contributed by atoms with van der Waals surface area (Å²) in [5, 5.41) is 0. The largest absolute Gasteiger partial charge is 0.496 e. The smallest absolute Gasteiger partial charge is 0.138 e. The van der Waals surface area contributed by atoms with Crippen molar-refractivity contribution in [3.63, 3.8) is 0 Å². The van der Waals surface area contributed by atoms with Crippen LogP contribution in [0.3, 0.4) is 0 Å². The van der Waals surface area contributed by atoms with Crippen LogP contribution in [0.1, 0.15) is 11.1 Å². The fourth-order valence-electron chi connectivity index (χ4n) is 1.63. The van der Waals surface area contributed by atoms with Gasteiger partial charge in [-0.1, -0.05) is 11.6 Å². The van der Waals surface area contributed by atoms with Crippen LogP contribution >= 0.6 is 15.9 Å². The first-order valence-electron chi connectivity index (χ1n) is 5.57. The Morgan fingerprint density at radius 3 is 2.72 bits per heavy atom. The molecule has 0 amide bonds. The van der Waals surface area contributed by atoms with Crippen LogP contribution in [0.2, 0.25) is 0 Å². The van der Waals surface area contributed by atoms with E-state index in [1.807, 2.05) is 31.2 Å². The third-order valence-corrected chi connectivity index (χ3v) is 3.00. The number of aromatic nitrogens is 1. The summed E-state index contributed by atoms with van der Waals surface area (Å²) >= 11 is 3.29. The predicted molar refractivity (Wildman–Crippen MR) is 74.0 cm³/mol. The first-order valence-corrected chi connectivity index (χ1v) is 6.36. The Morgan fingerprint density at radius 2 is 2.06 bits per heavy atom. The van der Waals surface area contributed by atoms with Gasteiger partial charge in [-0.3, -0.25) is 0 Å². The first-order chi connectivity index (χ1) is 8.69. The molecule has 2 rings (SSSR count). The Balaban J connectivity index is 2.09. The quantitative estimate of drug-likeness (QED) is 0.806. The molecule has 0 saturated heterocycles. The monoisotopic (exact) mass is 307 g/mol. The molecule has 94 valence electrons. The molecule has 4 heteroatoms. The molecule has 0 spiro atoms. The summed E-state index contributed by atoms with van der Waals surface area (Å²) < 4.78 is 11.8. The van der Waals surface area contributed by atoms with Gasteiger partial charge in [-0.15, -0.1) is 0 Å². The zero-order valence-electron chi connectivity index (χ0n) is 10.3. The van der Waals surface area contributed by atoms with E-state index in [9.17, 15) is 0 Å². The minimum Gasteiger partial charge on any atom is -0.496 e. The van der Waals surface area contributed by atoms with Crippen molar-refractivity contribution in [1.29, 1.82) is 0 Å². The second kappa shape index (κ2) is 5.87. The van der Waals surface area contributed by atoms with E-state index >= 15 is 0 Å². The number of ether oxygens (including phenoxy) is 2. The van der Waals surface area contributed by atoms with Gasteiger partial charge in [0.2, 0.25) is 0 Å². The average molecular weight is 308 g/mol. The molecule has 18 heavy (non-hydrogen) atoms. The van der Waals surface area contributed by atoms with Crippen LogP contribution in [-0.4, -0.2) is 12.1 Å². The second-order valence-corrected chi connectivity index (χ2v) is 4.73. The number of rotatable bonds is 4. The molecule has 0 aliphatic rings. The van der Waals surface area contributed by atoms with Crippen LogP contribution in [0.25, 0.3) is 0 Å². The van der Waals surface area contributed by atoms with Crippen LogP contribution in [0, 0.1) is 6.92 Å². The van der Waals surface area contributed by atoms with E-state index in [1.54, 1.807) is 13.3 Å². The number of methoxy groups -OCH3 is 1. The molecule has 0 aliphatic heterocycles. The maximum atomic E-state index is 5.68. The standard InChI is InChI=1S/C14H14BrNO2/c1-10-3-5-13(17-2)11(7-10)9-18-12-4-6-14(15)16-8-12/h3-8H,9H2,1-2H3. The Hall–Kier alpha value is -1.55. The summed E-state index contributed by atoms with van der Waals surface area (Å²) in [4.78, 5) is 4.11. The fourth-order valence-corrected chi connectivity index (χ4v) is 1.86. The van der Waals surface area contributed by atoms with Gasteiger partial charge in [-0.05, 0) is 47.1 Å². The van der Waals surface area contributed by atoms with Crippen LogP contribution in [0.15, 0.2) is 41.1 Å². The highest BCUT2D eigenvalue weighted by Gasteiger charge is 2.04. The van der Waals surface area contributed by atoms with Crippen molar-refractivity contribution < 1.29 is 9.47 Å². The van der Waals surface area contributed by atoms with Gasteiger partial charge in [0.15, 0.2) is 0 Å². The predicted octanol–water partition coefficient (Wildman–Crippen LogP) is 3.74. The molecule has 3 nitrogen and oxygen atoms in total. The fraction of sp³-hybridized carbons (Fsp3) is 0.214. The molecule has 0 fully saturated rings. The Bertz CT molecular complexity index is 526. The molecule has 0 aliphatic carbocycles. The third kappa shape index (κ3) is 3.23. The first kappa shape index (κ1) is 12.9. The van der Waals surface area contributed by atoms with Gasteiger partial charge < -0.3 is 9.47 Å². The molecule has 0 unspecified atom stereocenters. The summed E-state index contributed by atoms with van der Waals surface area (Å²) in [6.07, 6.45) is 1.69. The number of aryl methyl sites for hydroxylation is 1. The summed E-state index contributed by atoms with van der Waals surface area (Å²) in [6.45, 7) is 2.51. The molecule has 0 saturated carbocycles. The van der Waals surface area contributed by atoms with Gasteiger partial charge in [-0.2, -0.15) is 0 Å². The zero-order chi connectivity index (χ0) is 13.0. The molecule has 2 aromatic rings. The highest BCUT2D eigenvalue weighted by atomic mass is 79.9. The Morgan fingerprint density at radius 1 is 1.22 bits per heavy atom. The van der Waals surface area contributed by atoms with E-state index in [4.69, 9.17) is 9.47 Å². The number of halogens is 1. The van der Waals surface area contributed by atoms with Gasteiger partial charge in [0.25, 0.3) is 0 Å². The van der Waals surface area contributed by atoms with Crippen LogP contribution in [-0.2, 0) is 6.61 Å². The van der Waals surface area contributed by atoms with Gasteiger partial charge in [-0.25, -0.2) is 4.98 Å². The number of pyridine rings is 1. The molecule has 0 radical (unpaired) electrons. The molecular weight excluding hydrogens is 294 g/mol. The molecule has 0 atom stereocenters. The molecule has 1 aromatic heterocycles. The molecule has 1 aromatic carbocycles. The van der Waals surface area contributed by atoms with Crippen molar-refractivity contribution in [1.82, 2.24) is 4.98 Å². The minimum absolute atomic E-state index is 0.466. The molecule has 0 bridgehead atoms. The Labute approximate surface area is 115 Å². The number of hydrogen-bond acceptors (Lipinski definition) is 3. The maximum absolute atomic E-state index is 5.68. The van der Waals surface area contributed by atoms with Gasteiger partial charge in [0.05, 0.1) is 13.3 Å². The van der Waals surface area contributed by atoms with Gasteiger partial charge >= 0.3 is 0 Å². The van der Waals surface area contributed by atoms with Crippen LogP contribution in [0.4, 0.5) is 0 Å². The lowest BCUT2D eigenvalue weighted by Gasteiger charge is -2.10. The summed E-state index contributed by atoms with van der Waals surface area (Å²) in [6, 6.07) is 9.75.